The van der Waals surface area contributed by atoms with Gasteiger partial charge in [-0.15, -0.1) is 0 Å². The normalized spacial score (nSPS) is 11.6. The predicted molar refractivity (Wildman–Crippen MR) is 155 cm³/mol. The molecule has 3 aromatic rings. The topological polar surface area (TPSA) is 188 Å². The summed E-state index contributed by atoms with van der Waals surface area (Å²) >= 11 is 0. The van der Waals surface area contributed by atoms with Crippen LogP contribution in [0.4, 0.5) is 30.2 Å². The van der Waals surface area contributed by atoms with E-state index < -0.39 is 53.5 Å². The van der Waals surface area contributed by atoms with Gasteiger partial charge in [-0.25, -0.2) is 13.1 Å². The van der Waals surface area contributed by atoms with Gasteiger partial charge in [-0.05, 0) is 57.4 Å². The number of carbonyl (C=O) groups excluding carboxylic acids is 1. The molecule has 1 aromatic heterocycles. The second-order valence-electron chi connectivity index (χ2n) is 9.95. The van der Waals surface area contributed by atoms with Gasteiger partial charge < -0.3 is 10.4 Å². The second-order valence-corrected chi connectivity index (χ2v) is 11.9. The van der Waals surface area contributed by atoms with Crippen molar-refractivity contribution in [3.8, 4) is 5.88 Å². The molecule has 0 unspecified atom stereocenters. The second kappa shape index (κ2) is 13.4. The number of hydrogen-bond donors (Lipinski definition) is 2. The maximum atomic E-state index is 12.8. The van der Waals surface area contributed by atoms with Crippen molar-refractivity contribution in [1.29, 1.82) is 0 Å². The number of alkyl halides is 3. The highest BCUT2D eigenvalue weighted by Gasteiger charge is 2.34. The summed E-state index contributed by atoms with van der Waals surface area (Å²) in [5.74, 6) is -1.43. The Morgan fingerprint density at radius 1 is 1.09 bits per heavy atom. The van der Waals surface area contributed by atoms with Crippen molar-refractivity contribution >= 4 is 32.7 Å². The molecule has 17 heteroatoms. The molecule has 0 radical (unpaired) electrons. The van der Waals surface area contributed by atoms with Crippen LogP contribution in [-0.4, -0.2) is 51.2 Å². The first-order valence-corrected chi connectivity index (χ1v) is 14.9. The Hall–Kier alpha value is -4.54. The number of halogens is 3. The molecular formula is C27H32F3N5O8S. The Morgan fingerprint density at radius 3 is 2.07 bits per heavy atom. The van der Waals surface area contributed by atoms with Crippen molar-refractivity contribution in [2.45, 2.75) is 64.6 Å². The van der Waals surface area contributed by atoms with Gasteiger partial charge in [0.05, 0.1) is 26.0 Å². The molecule has 240 valence electrons. The lowest BCUT2D eigenvalue weighted by atomic mass is 10.0. The van der Waals surface area contributed by atoms with Gasteiger partial charge in [0.25, 0.3) is 5.69 Å². The molecule has 0 amide bonds. The van der Waals surface area contributed by atoms with Crippen LogP contribution in [0.25, 0.3) is 0 Å². The summed E-state index contributed by atoms with van der Waals surface area (Å²) in [6, 6.07) is 3.16. The summed E-state index contributed by atoms with van der Waals surface area (Å²) in [4.78, 5) is 33.1. The molecule has 0 aliphatic carbocycles. The number of aryl methyl sites for hydroxylation is 3. The van der Waals surface area contributed by atoms with Crippen LogP contribution < -0.4 is 5.32 Å². The lowest BCUT2D eigenvalue weighted by Crippen LogP contribution is -2.19. The minimum atomic E-state index is -4.76. The highest BCUT2D eigenvalue weighted by Crippen LogP contribution is 2.40. The van der Waals surface area contributed by atoms with Crippen molar-refractivity contribution in [2.24, 2.45) is 7.05 Å². The fourth-order valence-electron chi connectivity index (χ4n) is 4.33. The summed E-state index contributed by atoms with van der Waals surface area (Å²) in [6.07, 6.45) is -2.59. The molecule has 1 heterocycles. The Labute approximate surface area is 250 Å². The molecule has 0 aliphatic rings. The van der Waals surface area contributed by atoms with Crippen LogP contribution in [0.15, 0.2) is 29.2 Å². The largest absolute Gasteiger partial charge is 0.493 e. The van der Waals surface area contributed by atoms with Crippen molar-refractivity contribution in [3.05, 3.63) is 78.0 Å². The van der Waals surface area contributed by atoms with E-state index in [1.165, 1.54) is 20.0 Å². The molecule has 13 nitrogen and oxygen atoms in total. The van der Waals surface area contributed by atoms with Crippen LogP contribution in [0, 0.1) is 41.0 Å². The van der Waals surface area contributed by atoms with E-state index >= 15 is 0 Å². The minimum Gasteiger partial charge on any atom is -0.493 e. The van der Waals surface area contributed by atoms with Crippen LogP contribution in [0.1, 0.15) is 65.0 Å². The van der Waals surface area contributed by atoms with Crippen molar-refractivity contribution in [1.82, 2.24) is 9.78 Å². The van der Waals surface area contributed by atoms with Gasteiger partial charge in [0.1, 0.15) is 5.56 Å². The predicted octanol–water partition coefficient (Wildman–Crippen LogP) is 5.81. The van der Waals surface area contributed by atoms with Crippen LogP contribution in [0.2, 0.25) is 0 Å². The third-order valence-electron chi connectivity index (χ3n) is 6.88. The van der Waals surface area contributed by atoms with Gasteiger partial charge in [0.2, 0.25) is 11.7 Å². The first kappa shape index (κ1) is 35.7. The third kappa shape index (κ3) is 7.69. The number of sulfone groups is 1. The number of nitrogens with one attached hydrogen (secondary N) is 1. The van der Waals surface area contributed by atoms with E-state index in [1.807, 2.05) is 13.8 Å². The van der Waals surface area contributed by atoms with E-state index in [0.29, 0.717) is 29.5 Å². The Morgan fingerprint density at radius 2 is 1.66 bits per heavy atom. The van der Waals surface area contributed by atoms with E-state index in [1.54, 1.807) is 13.8 Å². The average molecular weight is 644 g/mol. The van der Waals surface area contributed by atoms with Crippen molar-refractivity contribution < 1.29 is 41.3 Å². The molecule has 0 fully saturated rings. The molecule has 0 saturated heterocycles. The minimum absolute atomic E-state index is 0.0109. The van der Waals surface area contributed by atoms with Gasteiger partial charge >= 0.3 is 11.9 Å². The molecule has 0 saturated carbocycles. The summed E-state index contributed by atoms with van der Waals surface area (Å²) in [5.41, 5.74) is -1.23. The van der Waals surface area contributed by atoms with Crippen LogP contribution in [0.5, 0.6) is 5.88 Å². The number of nitrogens with zero attached hydrogens (tertiary/aromatic N) is 4. The van der Waals surface area contributed by atoms with Crippen LogP contribution in [0.3, 0.4) is 0 Å². The third-order valence-corrected chi connectivity index (χ3v) is 8.01. The monoisotopic (exact) mass is 643 g/mol. The number of aromatic hydroxyl groups is 1. The number of nitro benzene ring substituents is 2. The van der Waals surface area contributed by atoms with E-state index in [2.05, 4.69) is 10.4 Å². The number of ketones is 1. The first-order chi connectivity index (χ1) is 20.2. The highest BCUT2D eigenvalue weighted by atomic mass is 32.2. The molecular weight excluding hydrogens is 611 g/mol. The average Bonchev–Trinajstić information content (AvgIpc) is 3.17. The van der Waals surface area contributed by atoms with Crippen LogP contribution >= 0.6 is 0 Å². The zero-order valence-electron chi connectivity index (χ0n) is 24.9. The number of nitro groups is 2. The lowest BCUT2D eigenvalue weighted by molar-refractivity contribution is -0.392. The fourth-order valence-corrected chi connectivity index (χ4v) is 5.23. The zero-order valence-corrected chi connectivity index (χ0v) is 25.8. The van der Waals surface area contributed by atoms with Gasteiger partial charge in [-0.2, -0.15) is 18.3 Å². The fraction of sp³-hybridized carbons (Fsp3) is 0.407. The maximum Gasteiger partial charge on any atom is 0.416 e. The SMILES string of the molecule is CCC(CC)Nc1c([N+](=O)[O-])cc(C)c(C)c1[N+](=O)[O-].Cc1nn(C)c(O)c1C(=O)c1ccc(C(F)(F)F)cc1S(C)(=O)=O. The maximum absolute atomic E-state index is 12.8. The molecule has 3 rings (SSSR count). The standard InChI is InChI=1S/C14H13F3N2O4S.C13H19N3O4/c1-7-11(13(21)19(2)18-7)12(20)9-5-4-8(14(15,16)17)6-10(9)24(3,22)23;1-5-10(6-2)14-12-11(15(17)18)7-8(3)9(4)13(12)16(19)20/h4-6,21H,1-3H3;7,10,14H,5-6H2,1-4H3. The number of aromatic nitrogens is 2. The van der Waals surface area contributed by atoms with Crippen molar-refractivity contribution in [2.75, 3.05) is 11.6 Å². The van der Waals surface area contributed by atoms with Crippen LogP contribution in [-0.2, 0) is 23.1 Å². The van der Waals surface area contributed by atoms with Gasteiger partial charge in [-0.1, -0.05) is 13.8 Å². The van der Waals surface area contributed by atoms with E-state index in [9.17, 15) is 51.7 Å². The van der Waals surface area contributed by atoms with Gasteiger partial charge in [-0.3, -0.25) is 25.0 Å². The molecule has 2 N–H and O–H groups in total. The zero-order chi connectivity index (χ0) is 33.9. The van der Waals surface area contributed by atoms with E-state index in [-0.39, 0.29) is 34.4 Å². The van der Waals surface area contributed by atoms with E-state index in [0.717, 1.165) is 23.6 Å². The number of benzene rings is 2. The number of anilines is 1. The summed E-state index contributed by atoms with van der Waals surface area (Å²) in [7, 11) is -2.75. The van der Waals surface area contributed by atoms with Gasteiger partial charge in [0.15, 0.2) is 15.5 Å². The Kier molecular flexibility index (Phi) is 10.9. The summed E-state index contributed by atoms with van der Waals surface area (Å²) in [5, 5.41) is 39.1. The van der Waals surface area contributed by atoms with E-state index in [4.69, 9.17) is 0 Å². The first-order valence-electron chi connectivity index (χ1n) is 13.0. The summed E-state index contributed by atoms with van der Waals surface area (Å²) in [6.45, 7) is 8.52. The molecule has 0 aliphatic heterocycles. The van der Waals surface area contributed by atoms with Crippen molar-refractivity contribution in [3.63, 3.8) is 0 Å². The molecule has 44 heavy (non-hydrogen) atoms. The molecule has 2 aromatic carbocycles. The smallest absolute Gasteiger partial charge is 0.416 e. The Bertz CT molecular complexity index is 1720. The summed E-state index contributed by atoms with van der Waals surface area (Å²) < 4.78 is 63.1. The molecule has 0 spiro atoms. The molecule has 0 atom stereocenters. The Balaban J connectivity index is 0.000000312. The van der Waals surface area contributed by atoms with Gasteiger partial charge in [0, 0.05) is 36.5 Å². The number of hydrogen-bond acceptors (Lipinski definition) is 10. The number of carbonyl (C=O) groups is 1. The quantitative estimate of drug-likeness (QED) is 0.164. The lowest BCUT2D eigenvalue weighted by Gasteiger charge is -2.17. The highest BCUT2D eigenvalue weighted by molar-refractivity contribution is 7.90. The number of rotatable bonds is 9. The molecule has 0 bridgehead atoms.